The van der Waals surface area contributed by atoms with Gasteiger partial charge in [-0.15, -0.1) is 0 Å². The number of halogens is 4. The molecule has 0 aliphatic rings. The number of likely N-dealkylation sites (N-methyl/N-ethyl adjacent to an activating group) is 1. The molecule has 3 nitrogen and oxygen atoms in total. The van der Waals surface area contributed by atoms with E-state index >= 15 is 0 Å². The molecule has 1 unspecified atom stereocenters. The molecule has 0 aliphatic heterocycles. The molecule has 0 aromatic heterocycles. The minimum atomic E-state index is -4.71. The predicted molar refractivity (Wildman–Crippen MR) is 72.3 cm³/mol. The third kappa shape index (κ3) is 5.99. The van der Waals surface area contributed by atoms with Crippen molar-refractivity contribution in [2.24, 2.45) is 0 Å². The summed E-state index contributed by atoms with van der Waals surface area (Å²) in [6.07, 6.45) is -4.71. The fraction of sp³-hybridized carbons (Fsp3) is 0.571. The highest BCUT2D eigenvalue weighted by molar-refractivity contribution is 5.27. The Morgan fingerprint density at radius 2 is 1.86 bits per heavy atom. The van der Waals surface area contributed by atoms with Crippen LogP contribution in [0.1, 0.15) is 18.1 Å². The summed E-state index contributed by atoms with van der Waals surface area (Å²) in [4.78, 5) is 1.81. The zero-order valence-corrected chi connectivity index (χ0v) is 12.3. The second-order valence-corrected chi connectivity index (χ2v) is 5.65. The average Bonchev–Trinajstić information content (AvgIpc) is 2.27. The molecule has 1 aromatic rings. The number of nitrogens with one attached hydrogen (secondary N) is 1. The highest BCUT2D eigenvalue weighted by Gasteiger charge is 2.34. The SMILES string of the molecule is CN(C)CC(C)(O)CNCc1ccc(F)c(C(F)(F)F)c1. The Bertz CT molecular complexity index is 473. The first kappa shape index (κ1) is 17.9. The summed E-state index contributed by atoms with van der Waals surface area (Å²) in [5.41, 5.74) is -1.97. The summed E-state index contributed by atoms with van der Waals surface area (Å²) in [6.45, 7) is 2.37. The highest BCUT2D eigenvalue weighted by Crippen LogP contribution is 2.31. The minimum Gasteiger partial charge on any atom is -0.388 e. The summed E-state index contributed by atoms with van der Waals surface area (Å²) in [5.74, 6) is -1.29. The van der Waals surface area contributed by atoms with Crippen LogP contribution in [0, 0.1) is 5.82 Å². The summed E-state index contributed by atoms with van der Waals surface area (Å²) in [7, 11) is 3.62. The number of hydrogen-bond donors (Lipinski definition) is 2. The van der Waals surface area contributed by atoms with Gasteiger partial charge in [-0.1, -0.05) is 6.07 Å². The quantitative estimate of drug-likeness (QED) is 0.791. The molecular weight excluding hydrogens is 288 g/mol. The van der Waals surface area contributed by atoms with Gasteiger partial charge in [0.2, 0.25) is 0 Å². The Kier molecular flexibility index (Phi) is 5.72. The Balaban J connectivity index is 2.65. The van der Waals surface area contributed by atoms with Crippen LogP contribution >= 0.6 is 0 Å². The Morgan fingerprint density at radius 1 is 1.24 bits per heavy atom. The van der Waals surface area contributed by atoms with Crippen molar-refractivity contribution in [1.29, 1.82) is 0 Å². The van der Waals surface area contributed by atoms with Crippen molar-refractivity contribution < 1.29 is 22.7 Å². The molecule has 21 heavy (non-hydrogen) atoms. The Morgan fingerprint density at radius 3 is 2.38 bits per heavy atom. The van der Waals surface area contributed by atoms with Crippen molar-refractivity contribution in [1.82, 2.24) is 10.2 Å². The van der Waals surface area contributed by atoms with Crippen molar-refractivity contribution in [3.63, 3.8) is 0 Å². The van der Waals surface area contributed by atoms with Crippen molar-refractivity contribution in [2.45, 2.75) is 25.2 Å². The fourth-order valence-electron chi connectivity index (χ4n) is 2.11. The summed E-state index contributed by atoms with van der Waals surface area (Å²) in [5, 5.41) is 12.9. The zero-order valence-electron chi connectivity index (χ0n) is 12.3. The molecule has 1 atom stereocenters. The number of nitrogens with zero attached hydrogens (tertiary/aromatic N) is 1. The van der Waals surface area contributed by atoms with Gasteiger partial charge in [-0.2, -0.15) is 13.2 Å². The first-order valence-corrected chi connectivity index (χ1v) is 6.45. The number of rotatable bonds is 6. The van der Waals surface area contributed by atoms with E-state index in [2.05, 4.69) is 5.32 Å². The molecule has 1 aromatic carbocycles. The van der Waals surface area contributed by atoms with Crippen LogP contribution in [0.25, 0.3) is 0 Å². The molecule has 0 saturated heterocycles. The summed E-state index contributed by atoms with van der Waals surface area (Å²) in [6, 6.07) is 2.87. The number of benzene rings is 1. The molecule has 0 spiro atoms. The van der Waals surface area contributed by atoms with Gasteiger partial charge < -0.3 is 15.3 Å². The smallest absolute Gasteiger partial charge is 0.388 e. The molecule has 1 rings (SSSR count). The monoisotopic (exact) mass is 308 g/mol. The van der Waals surface area contributed by atoms with Crippen molar-refractivity contribution in [3.8, 4) is 0 Å². The maximum Gasteiger partial charge on any atom is 0.419 e. The van der Waals surface area contributed by atoms with E-state index in [0.29, 0.717) is 12.1 Å². The van der Waals surface area contributed by atoms with Crippen LogP contribution in [0.15, 0.2) is 18.2 Å². The van der Waals surface area contributed by atoms with E-state index in [1.54, 1.807) is 11.8 Å². The van der Waals surface area contributed by atoms with Crippen LogP contribution in [0.4, 0.5) is 17.6 Å². The van der Waals surface area contributed by atoms with Crippen molar-refractivity contribution >= 4 is 0 Å². The van der Waals surface area contributed by atoms with E-state index in [0.717, 1.165) is 12.1 Å². The molecule has 0 heterocycles. The predicted octanol–water partition coefficient (Wildman–Crippen LogP) is 2.25. The van der Waals surface area contributed by atoms with E-state index in [4.69, 9.17) is 0 Å². The van der Waals surface area contributed by atoms with Gasteiger partial charge in [0.05, 0.1) is 11.2 Å². The van der Waals surface area contributed by atoms with Gasteiger partial charge in [-0.25, -0.2) is 4.39 Å². The van der Waals surface area contributed by atoms with E-state index in [1.165, 1.54) is 6.07 Å². The van der Waals surface area contributed by atoms with Crippen LogP contribution in [0.2, 0.25) is 0 Å². The van der Waals surface area contributed by atoms with Crippen LogP contribution < -0.4 is 5.32 Å². The first-order valence-electron chi connectivity index (χ1n) is 6.45. The van der Waals surface area contributed by atoms with Crippen LogP contribution in [-0.4, -0.2) is 42.8 Å². The van der Waals surface area contributed by atoms with Gasteiger partial charge in [-0.3, -0.25) is 0 Å². The van der Waals surface area contributed by atoms with Gasteiger partial charge >= 0.3 is 6.18 Å². The normalized spacial score (nSPS) is 15.3. The molecule has 0 radical (unpaired) electrons. The molecule has 0 aliphatic carbocycles. The van der Waals surface area contributed by atoms with Gasteiger partial charge in [0.15, 0.2) is 0 Å². The largest absolute Gasteiger partial charge is 0.419 e. The molecule has 120 valence electrons. The second kappa shape index (κ2) is 6.72. The van der Waals surface area contributed by atoms with E-state index in [9.17, 15) is 22.7 Å². The van der Waals surface area contributed by atoms with Crippen LogP contribution in [-0.2, 0) is 12.7 Å². The van der Waals surface area contributed by atoms with Gasteiger partial charge in [0, 0.05) is 19.6 Å². The molecule has 2 N–H and O–H groups in total. The van der Waals surface area contributed by atoms with E-state index < -0.39 is 23.2 Å². The maximum absolute atomic E-state index is 13.1. The minimum absolute atomic E-state index is 0.118. The van der Waals surface area contributed by atoms with Gasteiger partial charge in [0.25, 0.3) is 0 Å². The molecule has 0 amide bonds. The number of aliphatic hydroxyl groups is 1. The third-order valence-electron chi connectivity index (χ3n) is 2.83. The van der Waals surface area contributed by atoms with Gasteiger partial charge in [-0.05, 0) is 38.7 Å². The van der Waals surface area contributed by atoms with Crippen molar-refractivity contribution in [2.75, 3.05) is 27.2 Å². The van der Waals surface area contributed by atoms with Crippen LogP contribution in [0.5, 0.6) is 0 Å². The van der Waals surface area contributed by atoms with Gasteiger partial charge in [0.1, 0.15) is 5.82 Å². The lowest BCUT2D eigenvalue weighted by Crippen LogP contribution is -2.45. The molecule has 7 heteroatoms. The fourth-order valence-corrected chi connectivity index (χ4v) is 2.11. The Labute approximate surface area is 121 Å². The molecular formula is C14H20F4N2O. The second-order valence-electron chi connectivity index (χ2n) is 5.65. The topological polar surface area (TPSA) is 35.5 Å². The molecule has 0 bridgehead atoms. The van der Waals surface area contributed by atoms with E-state index in [-0.39, 0.29) is 13.1 Å². The molecule has 0 saturated carbocycles. The first-order chi connectivity index (χ1) is 9.51. The summed E-state index contributed by atoms with van der Waals surface area (Å²) >= 11 is 0. The van der Waals surface area contributed by atoms with Crippen molar-refractivity contribution in [3.05, 3.63) is 35.1 Å². The standard InChI is InChI=1S/C14H20F4N2O/c1-13(21,9-20(2)3)8-19-7-10-4-5-12(15)11(6-10)14(16,17)18/h4-6,19,21H,7-9H2,1-3H3. The number of alkyl halides is 3. The Hall–Kier alpha value is -1.18. The molecule has 0 fully saturated rings. The lowest BCUT2D eigenvalue weighted by atomic mass is 10.1. The van der Waals surface area contributed by atoms with E-state index in [1.807, 2.05) is 14.1 Å². The average molecular weight is 308 g/mol. The maximum atomic E-state index is 13.1. The number of hydrogen-bond acceptors (Lipinski definition) is 3. The lowest BCUT2D eigenvalue weighted by Gasteiger charge is -2.27. The third-order valence-corrected chi connectivity index (χ3v) is 2.83. The lowest BCUT2D eigenvalue weighted by molar-refractivity contribution is -0.140. The summed E-state index contributed by atoms with van der Waals surface area (Å²) < 4.78 is 50.9. The highest BCUT2D eigenvalue weighted by atomic mass is 19.4. The zero-order chi connectivity index (χ0) is 16.3. The van der Waals surface area contributed by atoms with Crippen LogP contribution in [0.3, 0.4) is 0 Å².